The van der Waals surface area contributed by atoms with Crippen LogP contribution in [0.25, 0.3) is 98.8 Å². The van der Waals surface area contributed by atoms with Crippen LogP contribution in [0.1, 0.15) is 0 Å². The first-order valence-corrected chi connectivity index (χ1v) is 15.9. The summed E-state index contributed by atoms with van der Waals surface area (Å²) in [5.41, 5.74) is 9.85. The highest BCUT2D eigenvalue weighted by Gasteiger charge is 2.19. The Balaban J connectivity index is 1.19. The molecular formula is C44H26N2O. The quantitative estimate of drug-likeness (QED) is 0.190. The molecule has 0 aliphatic carbocycles. The van der Waals surface area contributed by atoms with Crippen molar-refractivity contribution >= 4 is 65.3 Å². The van der Waals surface area contributed by atoms with Crippen molar-refractivity contribution in [3.05, 3.63) is 158 Å². The highest BCUT2D eigenvalue weighted by Crippen LogP contribution is 2.44. The first kappa shape index (κ1) is 26.0. The van der Waals surface area contributed by atoms with Gasteiger partial charge in [0.1, 0.15) is 11.2 Å². The van der Waals surface area contributed by atoms with Crippen LogP contribution < -0.4 is 0 Å². The largest absolute Gasteiger partial charge is 0.455 e. The number of rotatable bonds is 3. The number of furan rings is 1. The predicted molar refractivity (Wildman–Crippen MR) is 196 cm³/mol. The molecule has 0 aliphatic heterocycles. The molecule has 10 aromatic rings. The SMILES string of the molecule is c1ccc(-c2cc3ccccc3c3c2oc2c(-c4cccc(-c5cnc6c7ccccc7c7ccccc7c6n5)c4)cccc23)cc1. The second-order valence-electron chi connectivity index (χ2n) is 12.1. The van der Waals surface area contributed by atoms with Crippen LogP contribution in [0, 0.1) is 0 Å². The minimum absolute atomic E-state index is 0.842. The van der Waals surface area contributed by atoms with Gasteiger partial charge in [-0.3, -0.25) is 4.98 Å². The average Bonchev–Trinajstić information content (AvgIpc) is 3.55. The van der Waals surface area contributed by atoms with Gasteiger partial charge in [0.05, 0.1) is 22.9 Å². The molecule has 0 saturated carbocycles. The summed E-state index contributed by atoms with van der Waals surface area (Å²) in [5.74, 6) is 0. The zero-order valence-corrected chi connectivity index (χ0v) is 25.3. The van der Waals surface area contributed by atoms with Gasteiger partial charge in [-0.25, -0.2) is 4.98 Å². The molecule has 8 aromatic carbocycles. The minimum Gasteiger partial charge on any atom is -0.455 e. The van der Waals surface area contributed by atoms with Crippen LogP contribution in [0.3, 0.4) is 0 Å². The Morgan fingerprint density at radius 2 is 1.02 bits per heavy atom. The summed E-state index contributed by atoms with van der Waals surface area (Å²) in [6.07, 6.45) is 1.91. The van der Waals surface area contributed by atoms with Crippen molar-refractivity contribution in [3.63, 3.8) is 0 Å². The predicted octanol–water partition coefficient (Wildman–Crippen LogP) is 12.0. The van der Waals surface area contributed by atoms with Gasteiger partial charge in [0.2, 0.25) is 0 Å². The topological polar surface area (TPSA) is 38.9 Å². The number of hydrogen-bond donors (Lipinski definition) is 0. The molecule has 0 bridgehead atoms. The lowest BCUT2D eigenvalue weighted by molar-refractivity contribution is 0.671. The number of hydrogen-bond acceptors (Lipinski definition) is 3. The number of fused-ring (bicyclic) bond motifs is 11. The van der Waals surface area contributed by atoms with E-state index in [9.17, 15) is 0 Å². The number of benzene rings is 8. The van der Waals surface area contributed by atoms with Crippen molar-refractivity contribution in [2.75, 3.05) is 0 Å². The first-order chi connectivity index (χ1) is 23.3. The van der Waals surface area contributed by atoms with Crippen molar-refractivity contribution < 1.29 is 4.42 Å². The Hall–Kier alpha value is -6.32. The highest BCUT2D eigenvalue weighted by atomic mass is 16.3. The molecular weight excluding hydrogens is 572 g/mol. The number of para-hydroxylation sites is 1. The maximum absolute atomic E-state index is 6.90. The minimum atomic E-state index is 0.842. The normalized spacial score (nSPS) is 11.8. The molecule has 10 rings (SSSR count). The summed E-state index contributed by atoms with van der Waals surface area (Å²) in [6.45, 7) is 0. The Bertz CT molecular complexity index is 2810. The smallest absolute Gasteiger partial charge is 0.143 e. The fourth-order valence-corrected chi connectivity index (χ4v) is 7.32. The average molecular weight is 599 g/mol. The van der Waals surface area contributed by atoms with Gasteiger partial charge in [-0.15, -0.1) is 0 Å². The van der Waals surface area contributed by atoms with E-state index < -0.39 is 0 Å². The standard InChI is InChI=1S/C44H26N2O/c1-2-12-27(13-3-1)38-25-29-14-4-5-17-31(29)40-37-23-11-22-32(43(37)47-44(38)40)28-15-10-16-30(24-28)39-26-45-41-35-20-8-6-18-33(35)34-19-7-9-21-36(34)42(41)46-39/h1-26H. The van der Waals surface area contributed by atoms with Gasteiger partial charge in [0.25, 0.3) is 0 Å². The van der Waals surface area contributed by atoms with E-state index >= 15 is 0 Å². The summed E-state index contributed by atoms with van der Waals surface area (Å²) < 4.78 is 6.90. The summed E-state index contributed by atoms with van der Waals surface area (Å²) in [6, 6.07) is 53.3. The Labute approximate surface area is 270 Å². The molecule has 0 aliphatic rings. The van der Waals surface area contributed by atoms with E-state index in [2.05, 4.69) is 152 Å². The van der Waals surface area contributed by atoms with Crippen molar-refractivity contribution in [1.29, 1.82) is 0 Å². The highest BCUT2D eigenvalue weighted by molar-refractivity contribution is 6.25. The summed E-state index contributed by atoms with van der Waals surface area (Å²) >= 11 is 0. The molecule has 0 fully saturated rings. The Morgan fingerprint density at radius 3 is 1.83 bits per heavy atom. The van der Waals surface area contributed by atoms with E-state index in [0.29, 0.717) is 0 Å². The maximum atomic E-state index is 6.90. The fraction of sp³-hybridized carbons (Fsp3) is 0. The van der Waals surface area contributed by atoms with Crippen LogP contribution in [0.4, 0.5) is 0 Å². The van der Waals surface area contributed by atoms with Gasteiger partial charge in [-0.2, -0.15) is 0 Å². The molecule has 0 unspecified atom stereocenters. The van der Waals surface area contributed by atoms with Crippen LogP contribution >= 0.6 is 0 Å². The third kappa shape index (κ3) is 3.93. The fourth-order valence-electron chi connectivity index (χ4n) is 7.32. The molecule has 0 amide bonds. The lowest BCUT2D eigenvalue weighted by atomic mass is 9.95. The lowest BCUT2D eigenvalue weighted by Crippen LogP contribution is -1.92. The third-order valence-corrected chi connectivity index (χ3v) is 9.47. The van der Waals surface area contributed by atoms with Crippen molar-refractivity contribution in [1.82, 2.24) is 9.97 Å². The molecule has 0 N–H and O–H groups in total. The van der Waals surface area contributed by atoms with E-state index in [0.717, 1.165) is 77.3 Å². The Morgan fingerprint density at radius 1 is 0.404 bits per heavy atom. The molecule has 2 aromatic heterocycles. The zero-order chi connectivity index (χ0) is 30.9. The molecule has 0 saturated heterocycles. The van der Waals surface area contributed by atoms with Crippen LogP contribution in [-0.4, -0.2) is 9.97 Å². The monoisotopic (exact) mass is 598 g/mol. The van der Waals surface area contributed by atoms with Crippen molar-refractivity contribution in [3.8, 4) is 33.5 Å². The molecule has 3 nitrogen and oxygen atoms in total. The number of aromatic nitrogens is 2. The third-order valence-electron chi connectivity index (χ3n) is 9.47. The van der Waals surface area contributed by atoms with Crippen LogP contribution in [-0.2, 0) is 0 Å². The number of nitrogens with zero attached hydrogens (tertiary/aromatic N) is 2. The van der Waals surface area contributed by atoms with E-state index in [1.807, 2.05) is 6.20 Å². The van der Waals surface area contributed by atoms with Crippen LogP contribution in [0.15, 0.2) is 162 Å². The second-order valence-corrected chi connectivity index (χ2v) is 12.1. The molecule has 0 atom stereocenters. The van der Waals surface area contributed by atoms with Gasteiger partial charge in [-0.1, -0.05) is 140 Å². The van der Waals surface area contributed by atoms with E-state index in [4.69, 9.17) is 14.4 Å². The van der Waals surface area contributed by atoms with Gasteiger partial charge < -0.3 is 4.42 Å². The van der Waals surface area contributed by atoms with Gasteiger partial charge in [-0.05, 0) is 44.8 Å². The van der Waals surface area contributed by atoms with E-state index in [1.54, 1.807) is 0 Å². The van der Waals surface area contributed by atoms with Crippen LogP contribution in [0.5, 0.6) is 0 Å². The van der Waals surface area contributed by atoms with Crippen molar-refractivity contribution in [2.24, 2.45) is 0 Å². The molecule has 2 heterocycles. The first-order valence-electron chi connectivity index (χ1n) is 15.9. The lowest BCUT2D eigenvalue weighted by Gasteiger charge is -2.11. The summed E-state index contributed by atoms with van der Waals surface area (Å²) in [7, 11) is 0. The van der Waals surface area contributed by atoms with Gasteiger partial charge in [0, 0.05) is 38.2 Å². The van der Waals surface area contributed by atoms with Gasteiger partial charge >= 0.3 is 0 Å². The molecule has 47 heavy (non-hydrogen) atoms. The van der Waals surface area contributed by atoms with Gasteiger partial charge in [0.15, 0.2) is 0 Å². The summed E-state index contributed by atoms with van der Waals surface area (Å²) in [5, 5.41) is 9.27. The second kappa shape index (κ2) is 10.1. The van der Waals surface area contributed by atoms with Crippen molar-refractivity contribution in [2.45, 2.75) is 0 Å². The summed E-state index contributed by atoms with van der Waals surface area (Å²) in [4.78, 5) is 10.3. The maximum Gasteiger partial charge on any atom is 0.143 e. The van der Waals surface area contributed by atoms with E-state index in [1.165, 1.54) is 21.5 Å². The molecule has 218 valence electrons. The zero-order valence-electron chi connectivity index (χ0n) is 25.3. The van der Waals surface area contributed by atoms with Crippen LogP contribution in [0.2, 0.25) is 0 Å². The molecule has 0 radical (unpaired) electrons. The molecule has 0 spiro atoms. The van der Waals surface area contributed by atoms with E-state index in [-0.39, 0.29) is 0 Å². The molecule has 3 heteroatoms. The Kier molecular flexibility index (Phi) is 5.57.